The molecule has 0 saturated carbocycles. The van der Waals surface area contributed by atoms with Crippen molar-refractivity contribution in [3.8, 4) is 23.0 Å². The normalized spacial score (nSPS) is 12.3. The molecule has 3 aromatic rings. The molecule has 4 rings (SSSR count). The van der Waals surface area contributed by atoms with E-state index in [0.29, 0.717) is 28.7 Å². The van der Waals surface area contributed by atoms with Gasteiger partial charge in [0.25, 0.3) is 10.0 Å². The molecule has 1 aliphatic rings. The minimum absolute atomic E-state index is 0.132. The van der Waals surface area contributed by atoms with E-state index in [4.69, 9.17) is 18.9 Å². The molecule has 8 nitrogen and oxygen atoms in total. The smallest absolute Gasteiger partial charge is 0.349 e. The number of ether oxygens (including phenoxy) is 4. The van der Waals surface area contributed by atoms with Crippen LogP contribution in [0.3, 0.4) is 0 Å². The summed E-state index contributed by atoms with van der Waals surface area (Å²) in [6, 6.07) is 17.9. The van der Waals surface area contributed by atoms with Crippen LogP contribution in [-0.2, 0) is 14.8 Å². The molecule has 0 amide bonds. The first-order chi connectivity index (χ1) is 15.3. The van der Waals surface area contributed by atoms with Gasteiger partial charge >= 0.3 is 5.97 Å². The number of fused-ring (bicyclic) bond motifs is 1. The number of esters is 1. The summed E-state index contributed by atoms with van der Waals surface area (Å²) in [7, 11) is -2.21. The number of anilines is 1. The van der Waals surface area contributed by atoms with Gasteiger partial charge < -0.3 is 18.9 Å². The SMILES string of the molecule is Cc1ccc(S(=O)(=O)N(C)c2ccc(OCC(=O)Oc3ccc4c(c3)OCO4)cc2)cc1. The van der Waals surface area contributed by atoms with Gasteiger partial charge in [-0.1, -0.05) is 17.7 Å². The van der Waals surface area contributed by atoms with Crippen LogP contribution < -0.4 is 23.3 Å². The van der Waals surface area contributed by atoms with Gasteiger partial charge in [-0.2, -0.15) is 0 Å². The van der Waals surface area contributed by atoms with E-state index in [1.54, 1.807) is 66.7 Å². The molecule has 166 valence electrons. The molecule has 0 fully saturated rings. The maximum Gasteiger partial charge on any atom is 0.349 e. The Hall–Kier alpha value is -3.72. The summed E-state index contributed by atoms with van der Waals surface area (Å²) in [5.41, 5.74) is 1.44. The maximum absolute atomic E-state index is 12.8. The van der Waals surface area contributed by atoms with Crippen molar-refractivity contribution in [3.63, 3.8) is 0 Å². The van der Waals surface area contributed by atoms with E-state index >= 15 is 0 Å². The van der Waals surface area contributed by atoms with Crippen molar-refractivity contribution in [2.75, 3.05) is 24.8 Å². The summed E-state index contributed by atoms with van der Waals surface area (Å²) in [5.74, 6) is 1.23. The average Bonchev–Trinajstić information content (AvgIpc) is 3.26. The third-order valence-electron chi connectivity index (χ3n) is 4.81. The Morgan fingerprint density at radius 3 is 2.31 bits per heavy atom. The molecule has 3 aromatic carbocycles. The van der Waals surface area contributed by atoms with Crippen LogP contribution in [-0.4, -0.2) is 34.8 Å². The number of hydrogen-bond donors (Lipinski definition) is 0. The van der Waals surface area contributed by atoms with E-state index in [9.17, 15) is 13.2 Å². The molecule has 32 heavy (non-hydrogen) atoms. The molecule has 1 heterocycles. The van der Waals surface area contributed by atoms with Gasteiger partial charge in [0.05, 0.1) is 10.6 Å². The number of sulfonamides is 1. The Balaban J connectivity index is 1.35. The van der Waals surface area contributed by atoms with Gasteiger partial charge in [-0.25, -0.2) is 13.2 Å². The molecule has 0 unspecified atom stereocenters. The molecule has 0 saturated heterocycles. The van der Waals surface area contributed by atoms with E-state index in [1.807, 2.05) is 6.92 Å². The summed E-state index contributed by atoms with van der Waals surface area (Å²) >= 11 is 0. The van der Waals surface area contributed by atoms with E-state index in [2.05, 4.69) is 0 Å². The molecule has 0 radical (unpaired) electrons. The van der Waals surface area contributed by atoms with Crippen LogP contribution in [0.5, 0.6) is 23.0 Å². The van der Waals surface area contributed by atoms with Crippen LogP contribution in [0.25, 0.3) is 0 Å². The Morgan fingerprint density at radius 1 is 0.938 bits per heavy atom. The predicted molar refractivity (Wildman–Crippen MR) is 117 cm³/mol. The van der Waals surface area contributed by atoms with Crippen molar-refractivity contribution >= 4 is 21.7 Å². The molecular weight excluding hydrogens is 434 g/mol. The number of aryl methyl sites for hydroxylation is 1. The molecule has 0 spiro atoms. The van der Waals surface area contributed by atoms with Crippen molar-refractivity contribution in [2.24, 2.45) is 0 Å². The molecule has 1 aliphatic heterocycles. The average molecular weight is 455 g/mol. The Morgan fingerprint density at radius 2 is 1.59 bits per heavy atom. The molecule has 0 atom stereocenters. The Kier molecular flexibility index (Phi) is 5.91. The highest BCUT2D eigenvalue weighted by Crippen LogP contribution is 2.35. The minimum atomic E-state index is -3.69. The monoisotopic (exact) mass is 455 g/mol. The highest BCUT2D eigenvalue weighted by atomic mass is 32.2. The highest BCUT2D eigenvalue weighted by Gasteiger charge is 2.21. The molecule has 9 heteroatoms. The van der Waals surface area contributed by atoms with Crippen molar-refractivity contribution in [3.05, 3.63) is 72.3 Å². The molecule has 0 aliphatic carbocycles. The zero-order chi connectivity index (χ0) is 22.7. The standard InChI is InChI=1S/C23H21NO7S/c1-16-3-10-20(11-4-16)32(26,27)24(2)17-5-7-18(8-6-17)28-14-23(25)31-19-9-12-21-22(13-19)30-15-29-21/h3-13H,14-15H2,1-2H3. The summed E-state index contributed by atoms with van der Waals surface area (Å²) < 4.78 is 47.9. The first-order valence-electron chi connectivity index (χ1n) is 9.72. The van der Waals surface area contributed by atoms with E-state index < -0.39 is 16.0 Å². The third-order valence-corrected chi connectivity index (χ3v) is 6.61. The van der Waals surface area contributed by atoms with Gasteiger partial charge in [-0.05, 0) is 55.5 Å². The molecular formula is C23H21NO7S. The van der Waals surface area contributed by atoms with Crippen LogP contribution in [0.4, 0.5) is 5.69 Å². The van der Waals surface area contributed by atoms with Gasteiger partial charge in [0.2, 0.25) is 6.79 Å². The Bertz CT molecular complexity index is 1220. The van der Waals surface area contributed by atoms with Crippen molar-refractivity contribution in [1.29, 1.82) is 0 Å². The second kappa shape index (κ2) is 8.80. The lowest BCUT2D eigenvalue weighted by molar-refractivity contribution is -0.136. The Labute approximate surface area is 186 Å². The second-order valence-electron chi connectivity index (χ2n) is 7.06. The number of carbonyl (C=O) groups excluding carboxylic acids is 1. The van der Waals surface area contributed by atoms with Gasteiger partial charge in [0, 0.05) is 13.1 Å². The fraction of sp³-hybridized carbons (Fsp3) is 0.174. The zero-order valence-electron chi connectivity index (χ0n) is 17.5. The van der Waals surface area contributed by atoms with Crippen LogP contribution in [0, 0.1) is 6.92 Å². The second-order valence-corrected chi connectivity index (χ2v) is 9.03. The van der Waals surface area contributed by atoms with Gasteiger partial charge in [0.15, 0.2) is 18.1 Å². The van der Waals surface area contributed by atoms with Crippen LogP contribution in [0.2, 0.25) is 0 Å². The highest BCUT2D eigenvalue weighted by molar-refractivity contribution is 7.92. The number of nitrogens with zero attached hydrogens (tertiary/aromatic N) is 1. The zero-order valence-corrected chi connectivity index (χ0v) is 18.3. The largest absolute Gasteiger partial charge is 0.482 e. The van der Waals surface area contributed by atoms with Crippen molar-refractivity contribution < 1.29 is 32.2 Å². The fourth-order valence-corrected chi connectivity index (χ4v) is 4.20. The first-order valence-corrected chi connectivity index (χ1v) is 11.2. The number of hydrogen-bond acceptors (Lipinski definition) is 7. The maximum atomic E-state index is 12.8. The lowest BCUT2D eigenvalue weighted by Crippen LogP contribution is -2.26. The predicted octanol–water partition coefficient (Wildman–Crippen LogP) is 3.53. The summed E-state index contributed by atoms with van der Waals surface area (Å²) in [6.07, 6.45) is 0. The van der Waals surface area contributed by atoms with Crippen molar-refractivity contribution in [2.45, 2.75) is 11.8 Å². The van der Waals surface area contributed by atoms with E-state index in [0.717, 1.165) is 5.56 Å². The van der Waals surface area contributed by atoms with Gasteiger partial charge in [-0.15, -0.1) is 0 Å². The number of rotatable bonds is 7. The topological polar surface area (TPSA) is 91.4 Å². The van der Waals surface area contributed by atoms with E-state index in [1.165, 1.54) is 11.4 Å². The number of carbonyl (C=O) groups is 1. The molecule has 0 bridgehead atoms. The van der Waals surface area contributed by atoms with Crippen LogP contribution in [0.15, 0.2) is 71.6 Å². The molecule has 0 N–H and O–H groups in total. The molecule has 0 aromatic heterocycles. The lowest BCUT2D eigenvalue weighted by Gasteiger charge is -2.20. The third kappa shape index (κ3) is 4.62. The van der Waals surface area contributed by atoms with E-state index in [-0.39, 0.29) is 18.3 Å². The van der Waals surface area contributed by atoms with Crippen molar-refractivity contribution in [1.82, 2.24) is 0 Å². The summed E-state index contributed by atoms with van der Waals surface area (Å²) in [5, 5.41) is 0. The summed E-state index contributed by atoms with van der Waals surface area (Å²) in [4.78, 5) is 12.3. The van der Waals surface area contributed by atoms with Crippen LogP contribution in [0.1, 0.15) is 5.56 Å². The minimum Gasteiger partial charge on any atom is -0.482 e. The summed E-state index contributed by atoms with van der Waals surface area (Å²) in [6.45, 7) is 1.71. The lowest BCUT2D eigenvalue weighted by atomic mass is 10.2. The van der Waals surface area contributed by atoms with Gasteiger partial charge in [0.1, 0.15) is 11.5 Å². The van der Waals surface area contributed by atoms with Gasteiger partial charge in [-0.3, -0.25) is 4.31 Å². The number of benzene rings is 3. The quantitative estimate of drug-likeness (QED) is 0.398. The fourth-order valence-electron chi connectivity index (χ4n) is 3.00. The first kappa shape index (κ1) is 21.5. The van der Waals surface area contributed by atoms with Crippen LogP contribution >= 0.6 is 0 Å².